The van der Waals surface area contributed by atoms with Gasteiger partial charge in [0, 0.05) is 19.0 Å². The number of esters is 1. The third-order valence-electron chi connectivity index (χ3n) is 4.33. The number of amides is 1. The van der Waals surface area contributed by atoms with Crippen molar-refractivity contribution in [2.75, 3.05) is 26.9 Å². The second kappa shape index (κ2) is 10.0. The molecule has 0 N–H and O–H groups in total. The first-order valence-electron chi connectivity index (χ1n) is 9.28. The van der Waals surface area contributed by atoms with Crippen molar-refractivity contribution >= 4 is 11.9 Å². The van der Waals surface area contributed by atoms with Gasteiger partial charge in [-0.05, 0) is 50.5 Å². The first-order valence-corrected chi connectivity index (χ1v) is 9.28. The molecule has 1 amide bonds. The Balaban J connectivity index is 1.74. The fourth-order valence-electron chi connectivity index (χ4n) is 2.72. The average Bonchev–Trinajstić information content (AvgIpc) is 3.48. The molecule has 144 valence electrons. The molecule has 1 aromatic rings. The minimum atomic E-state index is -0.296. The molecular weight excluding hydrogens is 334 g/mol. The highest BCUT2D eigenvalue weighted by Crippen LogP contribution is 2.28. The molecule has 2 rings (SSSR count). The molecule has 0 saturated heterocycles. The van der Waals surface area contributed by atoms with E-state index in [9.17, 15) is 9.59 Å². The van der Waals surface area contributed by atoms with Crippen LogP contribution in [0, 0.1) is 5.92 Å². The highest BCUT2D eigenvalue weighted by molar-refractivity contribution is 5.78. The summed E-state index contributed by atoms with van der Waals surface area (Å²) in [6.07, 6.45) is 3.09. The van der Waals surface area contributed by atoms with Gasteiger partial charge in [0.1, 0.15) is 11.5 Å². The second-order valence-electron chi connectivity index (χ2n) is 6.56. The molecule has 26 heavy (non-hydrogen) atoms. The lowest BCUT2D eigenvalue weighted by molar-refractivity contribution is -0.149. The van der Waals surface area contributed by atoms with Gasteiger partial charge in [-0.1, -0.05) is 6.92 Å². The molecular formula is C20H29NO5. The Hall–Kier alpha value is -2.24. The van der Waals surface area contributed by atoms with Crippen LogP contribution in [-0.2, 0) is 14.3 Å². The van der Waals surface area contributed by atoms with Crippen molar-refractivity contribution in [1.82, 2.24) is 4.90 Å². The maximum atomic E-state index is 12.5. The molecule has 0 aromatic heterocycles. The number of nitrogens with zero attached hydrogens (tertiary/aromatic N) is 1. The molecule has 1 aliphatic rings. The summed E-state index contributed by atoms with van der Waals surface area (Å²) in [6, 6.07) is 7.65. The molecule has 6 heteroatoms. The SMILES string of the molecule is CCOC(=O)C(C)CN(C(=O)CCCOc1ccc(OC)cc1)C1CC1. The molecule has 0 bridgehead atoms. The fraction of sp³-hybridized carbons (Fsp3) is 0.600. The first-order chi connectivity index (χ1) is 12.5. The van der Waals surface area contributed by atoms with Crippen molar-refractivity contribution in [2.24, 2.45) is 5.92 Å². The molecule has 1 aromatic carbocycles. The monoisotopic (exact) mass is 363 g/mol. The number of rotatable bonds is 11. The topological polar surface area (TPSA) is 65.1 Å². The van der Waals surface area contributed by atoms with Gasteiger partial charge in [-0.2, -0.15) is 0 Å². The van der Waals surface area contributed by atoms with Crippen LogP contribution in [0.25, 0.3) is 0 Å². The smallest absolute Gasteiger partial charge is 0.310 e. The van der Waals surface area contributed by atoms with Crippen LogP contribution in [0.2, 0.25) is 0 Å². The van der Waals surface area contributed by atoms with Crippen molar-refractivity contribution in [3.63, 3.8) is 0 Å². The van der Waals surface area contributed by atoms with Gasteiger partial charge in [-0.25, -0.2) is 0 Å². The predicted octanol–water partition coefficient (Wildman–Crippen LogP) is 3.04. The van der Waals surface area contributed by atoms with E-state index in [1.807, 2.05) is 36.1 Å². The molecule has 0 heterocycles. The zero-order chi connectivity index (χ0) is 18.9. The van der Waals surface area contributed by atoms with Crippen LogP contribution in [0.15, 0.2) is 24.3 Å². The summed E-state index contributed by atoms with van der Waals surface area (Å²) in [5, 5.41) is 0. The standard InChI is InChI=1S/C20H29NO5/c1-4-25-20(23)15(2)14-21(16-7-8-16)19(22)6-5-13-26-18-11-9-17(24-3)10-12-18/h9-12,15-16H,4-8,13-14H2,1-3H3. The minimum absolute atomic E-state index is 0.0852. The van der Waals surface area contributed by atoms with Crippen LogP contribution in [0.5, 0.6) is 11.5 Å². The van der Waals surface area contributed by atoms with E-state index in [1.54, 1.807) is 14.0 Å². The lowest BCUT2D eigenvalue weighted by Gasteiger charge is -2.25. The molecule has 0 spiro atoms. The Morgan fingerprint density at radius 3 is 2.42 bits per heavy atom. The van der Waals surface area contributed by atoms with Gasteiger partial charge in [-0.3, -0.25) is 9.59 Å². The van der Waals surface area contributed by atoms with E-state index in [0.29, 0.717) is 32.6 Å². The normalized spacial score (nSPS) is 14.4. The maximum absolute atomic E-state index is 12.5. The zero-order valence-electron chi connectivity index (χ0n) is 15.9. The van der Waals surface area contributed by atoms with E-state index in [-0.39, 0.29) is 23.8 Å². The Morgan fingerprint density at radius 2 is 1.85 bits per heavy atom. The van der Waals surface area contributed by atoms with Gasteiger partial charge in [0.2, 0.25) is 5.91 Å². The molecule has 1 aliphatic carbocycles. The van der Waals surface area contributed by atoms with Gasteiger partial charge < -0.3 is 19.1 Å². The van der Waals surface area contributed by atoms with Gasteiger partial charge in [0.25, 0.3) is 0 Å². The molecule has 0 radical (unpaired) electrons. The van der Waals surface area contributed by atoms with Gasteiger partial charge in [0.05, 0.1) is 26.2 Å². The largest absolute Gasteiger partial charge is 0.497 e. The van der Waals surface area contributed by atoms with E-state index in [0.717, 1.165) is 24.3 Å². The van der Waals surface area contributed by atoms with Crippen LogP contribution >= 0.6 is 0 Å². The van der Waals surface area contributed by atoms with Crippen molar-refractivity contribution in [3.8, 4) is 11.5 Å². The van der Waals surface area contributed by atoms with Crippen molar-refractivity contribution in [1.29, 1.82) is 0 Å². The third kappa shape index (κ3) is 6.24. The summed E-state index contributed by atoms with van der Waals surface area (Å²) in [6.45, 7) is 4.87. The maximum Gasteiger partial charge on any atom is 0.310 e. The number of benzene rings is 1. The molecule has 6 nitrogen and oxygen atoms in total. The van der Waals surface area contributed by atoms with Crippen molar-refractivity contribution in [2.45, 2.75) is 45.6 Å². The number of carbonyl (C=O) groups is 2. The highest BCUT2D eigenvalue weighted by Gasteiger charge is 2.34. The Morgan fingerprint density at radius 1 is 1.19 bits per heavy atom. The third-order valence-corrected chi connectivity index (χ3v) is 4.33. The van der Waals surface area contributed by atoms with Gasteiger partial charge in [0.15, 0.2) is 0 Å². The first kappa shape index (κ1) is 20.1. The molecule has 0 aliphatic heterocycles. The Kier molecular flexibility index (Phi) is 7.75. The fourth-order valence-corrected chi connectivity index (χ4v) is 2.72. The molecule has 1 saturated carbocycles. The van der Waals surface area contributed by atoms with Crippen LogP contribution < -0.4 is 9.47 Å². The summed E-state index contributed by atoms with van der Waals surface area (Å²) in [5.41, 5.74) is 0. The van der Waals surface area contributed by atoms with Crippen molar-refractivity contribution < 1.29 is 23.8 Å². The predicted molar refractivity (Wildman–Crippen MR) is 98.3 cm³/mol. The minimum Gasteiger partial charge on any atom is -0.497 e. The summed E-state index contributed by atoms with van der Waals surface area (Å²) in [4.78, 5) is 26.2. The van der Waals surface area contributed by atoms with Crippen LogP contribution in [0.4, 0.5) is 0 Å². The molecule has 1 fully saturated rings. The van der Waals surface area contributed by atoms with Crippen molar-refractivity contribution in [3.05, 3.63) is 24.3 Å². The molecule has 1 unspecified atom stereocenters. The lowest BCUT2D eigenvalue weighted by Crippen LogP contribution is -2.39. The number of methoxy groups -OCH3 is 1. The van der Waals surface area contributed by atoms with E-state index >= 15 is 0 Å². The van der Waals surface area contributed by atoms with Crippen LogP contribution in [0.1, 0.15) is 39.5 Å². The zero-order valence-corrected chi connectivity index (χ0v) is 15.9. The average molecular weight is 363 g/mol. The number of ether oxygens (including phenoxy) is 3. The second-order valence-corrected chi connectivity index (χ2v) is 6.56. The number of hydrogen-bond acceptors (Lipinski definition) is 5. The van der Waals surface area contributed by atoms with Gasteiger partial charge in [-0.15, -0.1) is 0 Å². The molecule has 1 atom stereocenters. The summed E-state index contributed by atoms with van der Waals surface area (Å²) < 4.78 is 15.8. The highest BCUT2D eigenvalue weighted by atomic mass is 16.5. The van der Waals surface area contributed by atoms with E-state index in [4.69, 9.17) is 14.2 Å². The van der Waals surface area contributed by atoms with Crippen LogP contribution in [-0.4, -0.2) is 49.7 Å². The van der Waals surface area contributed by atoms with E-state index < -0.39 is 0 Å². The summed E-state index contributed by atoms with van der Waals surface area (Å²) in [7, 11) is 1.62. The quantitative estimate of drug-likeness (QED) is 0.447. The van der Waals surface area contributed by atoms with Gasteiger partial charge >= 0.3 is 5.97 Å². The van der Waals surface area contributed by atoms with E-state index in [1.165, 1.54) is 0 Å². The van der Waals surface area contributed by atoms with E-state index in [2.05, 4.69) is 0 Å². The Labute approximate surface area is 155 Å². The Bertz CT molecular complexity index is 582. The summed E-state index contributed by atoms with van der Waals surface area (Å²) >= 11 is 0. The number of carbonyl (C=O) groups excluding carboxylic acids is 2. The van der Waals surface area contributed by atoms with Crippen LogP contribution in [0.3, 0.4) is 0 Å². The lowest BCUT2D eigenvalue weighted by atomic mass is 10.1. The summed E-state index contributed by atoms with van der Waals surface area (Å²) in [5.74, 6) is 1.09. The number of hydrogen-bond donors (Lipinski definition) is 0.